The van der Waals surface area contributed by atoms with E-state index < -0.39 is 11.9 Å². The highest BCUT2D eigenvalue weighted by atomic mass is 16.5. The van der Waals surface area contributed by atoms with Gasteiger partial charge in [0.2, 0.25) is 0 Å². The van der Waals surface area contributed by atoms with Crippen molar-refractivity contribution in [1.82, 2.24) is 0 Å². The van der Waals surface area contributed by atoms with Crippen LogP contribution in [0.3, 0.4) is 0 Å². The van der Waals surface area contributed by atoms with Gasteiger partial charge in [0, 0.05) is 11.1 Å². The van der Waals surface area contributed by atoms with E-state index in [0.29, 0.717) is 22.6 Å². The van der Waals surface area contributed by atoms with Gasteiger partial charge in [0.1, 0.15) is 11.5 Å². The summed E-state index contributed by atoms with van der Waals surface area (Å²) in [6.07, 6.45) is 8.04. The summed E-state index contributed by atoms with van der Waals surface area (Å²) in [4.78, 5) is 23.1. The third-order valence-corrected chi connectivity index (χ3v) is 4.75. The molecule has 0 aliphatic rings. The molecule has 0 saturated heterocycles. The maximum atomic E-state index is 11.6. The van der Waals surface area contributed by atoms with Crippen LogP contribution < -0.4 is 9.47 Å². The first-order valence-corrected chi connectivity index (χ1v) is 10.7. The van der Waals surface area contributed by atoms with Gasteiger partial charge >= 0.3 is 11.9 Å². The predicted octanol–water partition coefficient (Wildman–Crippen LogP) is 6.99. The molecule has 0 aliphatic carbocycles. The van der Waals surface area contributed by atoms with Crippen molar-refractivity contribution in [1.29, 1.82) is 0 Å². The van der Waals surface area contributed by atoms with Crippen LogP contribution in [-0.4, -0.2) is 11.9 Å². The smallest absolute Gasteiger partial charge is 0.338 e. The molecule has 4 heteroatoms. The third kappa shape index (κ3) is 7.31. The maximum absolute atomic E-state index is 11.6. The van der Waals surface area contributed by atoms with Gasteiger partial charge < -0.3 is 9.47 Å². The lowest BCUT2D eigenvalue weighted by Crippen LogP contribution is -2.07. The molecule has 0 aliphatic heterocycles. The number of esters is 2. The van der Waals surface area contributed by atoms with E-state index in [-0.39, 0.29) is 0 Å². The van der Waals surface area contributed by atoms with E-state index in [4.69, 9.17) is 9.47 Å². The molecule has 0 unspecified atom stereocenters. The van der Waals surface area contributed by atoms with Crippen LogP contribution in [0.15, 0.2) is 97.1 Å². The van der Waals surface area contributed by atoms with Crippen molar-refractivity contribution < 1.29 is 19.1 Å². The van der Waals surface area contributed by atoms with E-state index in [9.17, 15) is 9.59 Å². The van der Waals surface area contributed by atoms with Gasteiger partial charge in [0.25, 0.3) is 0 Å². The Morgan fingerprint density at radius 3 is 1.00 bits per heavy atom. The van der Waals surface area contributed by atoms with Gasteiger partial charge in [0.15, 0.2) is 0 Å². The normalized spacial score (nSPS) is 10.9. The molecule has 0 atom stereocenters. The highest BCUT2D eigenvalue weighted by molar-refractivity contribution is 5.89. The number of ether oxygens (including phenoxy) is 2. The average Bonchev–Trinajstić information content (AvgIpc) is 2.83. The Morgan fingerprint density at radius 1 is 0.529 bits per heavy atom. The van der Waals surface area contributed by atoms with Crippen molar-refractivity contribution in [2.75, 3.05) is 0 Å². The van der Waals surface area contributed by atoms with Crippen LogP contribution in [0.2, 0.25) is 0 Å². The topological polar surface area (TPSA) is 52.6 Å². The quantitative estimate of drug-likeness (QED) is 0.161. The number of rotatable bonds is 8. The molecule has 0 N–H and O–H groups in total. The number of hydrogen-bond donors (Lipinski definition) is 0. The zero-order valence-electron chi connectivity index (χ0n) is 19.3. The van der Waals surface area contributed by atoms with Crippen molar-refractivity contribution in [3.8, 4) is 11.5 Å². The lowest BCUT2D eigenvalue weighted by Gasteiger charge is -2.04. The standard InChI is InChI=1S/C30H26O4/c1-21(2)29(31)33-27-17-13-25(14-18-27)11-9-23-5-7-24(8-6-23)10-12-26-15-19-28(20-16-26)34-30(32)22(3)4/h5-20H,1,3H2,2,4H3/b11-9+,12-10+. The van der Waals surface area contributed by atoms with Gasteiger partial charge in [0.05, 0.1) is 0 Å². The molecule has 170 valence electrons. The molecule has 3 aromatic carbocycles. The second kappa shape index (κ2) is 11.4. The van der Waals surface area contributed by atoms with Crippen molar-refractivity contribution in [2.24, 2.45) is 0 Å². The summed E-state index contributed by atoms with van der Waals surface area (Å²) in [6.45, 7) is 10.4. The summed E-state index contributed by atoms with van der Waals surface area (Å²) < 4.78 is 10.4. The number of hydrogen-bond acceptors (Lipinski definition) is 4. The molecule has 0 amide bonds. The Kier molecular flexibility index (Phi) is 8.14. The van der Waals surface area contributed by atoms with Gasteiger partial charge in [-0.3, -0.25) is 0 Å². The lowest BCUT2D eigenvalue weighted by molar-refractivity contribution is -0.130. The van der Waals surface area contributed by atoms with Gasteiger partial charge in [-0.25, -0.2) is 9.59 Å². The van der Waals surface area contributed by atoms with Gasteiger partial charge in [-0.05, 0) is 60.4 Å². The van der Waals surface area contributed by atoms with Gasteiger partial charge in [-0.1, -0.05) is 86.0 Å². The molecule has 0 saturated carbocycles. The Morgan fingerprint density at radius 2 is 0.765 bits per heavy atom. The van der Waals surface area contributed by atoms with Crippen LogP contribution in [-0.2, 0) is 9.59 Å². The monoisotopic (exact) mass is 450 g/mol. The van der Waals surface area contributed by atoms with E-state index in [0.717, 1.165) is 22.3 Å². The van der Waals surface area contributed by atoms with E-state index in [1.807, 2.05) is 72.8 Å². The van der Waals surface area contributed by atoms with Crippen molar-refractivity contribution >= 4 is 36.2 Å². The average molecular weight is 451 g/mol. The summed E-state index contributed by atoms with van der Waals surface area (Å²) in [5, 5.41) is 0. The lowest BCUT2D eigenvalue weighted by atomic mass is 10.1. The highest BCUT2D eigenvalue weighted by Gasteiger charge is 2.05. The summed E-state index contributed by atoms with van der Waals surface area (Å²) in [6, 6.07) is 22.7. The molecule has 0 bridgehead atoms. The van der Waals surface area contributed by atoms with Crippen molar-refractivity contribution in [3.05, 3.63) is 119 Å². The molecule has 4 nitrogen and oxygen atoms in total. The van der Waals surface area contributed by atoms with Crippen LogP contribution in [0.25, 0.3) is 24.3 Å². The molecule has 34 heavy (non-hydrogen) atoms. The second-order valence-corrected chi connectivity index (χ2v) is 7.81. The van der Waals surface area contributed by atoms with Crippen LogP contribution in [0.4, 0.5) is 0 Å². The van der Waals surface area contributed by atoms with Gasteiger partial charge in [-0.15, -0.1) is 0 Å². The first-order chi connectivity index (χ1) is 16.3. The zero-order chi connectivity index (χ0) is 24.5. The van der Waals surface area contributed by atoms with Crippen LogP contribution in [0.5, 0.6) is 11.5 Å². The molecule has 0 radical (unpaired) electrons. The highest BCUT2D eigenvalue weighted by Crippen LogP contribution is 2.18. The fourth-order valence-electron chi connectivity index (χ4n) is 2.79. The summed E-state index contributed by atoms with van der Waals surface area (Å²) >= 11 is 0. The SMILES string of the molecule is C=C(C)C(=O)Oc1ccc(/C=C/c2ccc(/C=C/c3ccc(OC(=O)C(=C)C)cc3)cc2)cc1. The Hall–Kier alpha value is -4.44. The summed E-state index contributed by atoms with van der Waals surface area (Å²) in [5.41, 5.74) is 4.86. The second-order valence-electron chi connectivity index (χ2n) is 7.81. The van der Waals surface area contributed by atoms with Crippen LogP contribution in [0, 0.1) is 0 Å². The van der Waals surface area contributed by atoms with E-state index >= 15 is 0 Å². The van der Waals surface area contributed by atoms with Crippen molar-refractivity contribution in [2.45, 2.75) is 13.8 Å². The molecule has 3 aromatic rings. The van der Waals surface area contributed by atoms with E-state index in [1.54, 1.807) is 38.1 Å². The largest absolute Gasteiger partial charge is 0.423 e. The molecule has 0 fully saturated rings. The minimum absolute atomic E-state index is 0.363. The van der Waals surface area contributed by atoms with E-state index in [1.165, 1.54) is 0 Å². The Bertz CT molecular complexity index is 1140. The minimum Gasteiger partial charge on any atom is -0.423 e. The first-order valence-electron chi connectivity index (χ1n) is 10.7. The molecule has 0 heterocycles. The van der Waals surface area contributed by atoms with E-state index in [2.05, 4.69) is 13.2 Å². The number of carbonyl (C=O) groups is 2. The molecule has 3 rings (SSSR count). The van der Waals surface area contributed by atoms with Crippen molar-refractivity contribution in [3.63, 3.8) is 0 Å². The predicted molar refractivity (Wildman–Crippen MR) is 138 cm³/mol. The Balaban J connectivity index is 1.56. The van der Waals surface area contributed by atoms with Crippen LogP contribution >= 0.6 is 0 Å². The number of carbonyl (C=O) groups excluding carboxylic acids is 2. The minimum atomic E-state index is -0.432. The van der Waals surface area contributed by atoms with Gasteiger partial charge in [-0.2, -0.15) is 0 Å². The molecular weight excluding hydrogens is 424 g/mol. The first kappa shape index (κ1) is 24.2. The summed E-state index contributed by atoms with van der Waals surface area (Å²) in [5.74, 6) is 0.115. The maximum Gasteiger partial charge on any atom is 0.338 e. The molecule has 0 spiro atoms. The zero-order valence-corrected chi connectivity index (χ0v) is 19.3. The fraction of sp³-hybridized carbons (Fsp3) is 0.0667. The Labute approximate surface area is 200 Å². The van der Waals surface area contributed by atoms with Crippen LogP contribution in [0.1, 0.15) is 36.1 Å². The third-order valence-electron chi connectivity index (χ3n) is 4.75. The molecule has 0 aromatic heterocycles. The fourth-order valence-corrected chi connectivity index (χ4v) is 2.79. The number of benzene rings is 3. The summed E-state index contributed by atoms with van der Waals surface area (Å²) in [7, 11) is 0. The molecular formula is C30H26O4.